The number of ether oxygens (including phenoxy) is 6. The maximum atomic E-state index is 5.69. The SMILES string of the molecule is CC(C)(C)CCOC1OCC2(CO1)COC(OCC(C)(C)C)OC2. The molecular weight excluding hydrogens is 312 g/mol. The summed E-state index contributed by atoms with van der Waals surface area (Å²) in [5.41, 5.74) is 0.0466. The molecule has 0 atom stereocenters. The molecule has 0 aliphatic carbocycles. The topological polar surface area (TPSA) is 55.4 Å². The van der Waals surface area contributed by atoms with Crippen molar-refractivity contribution in [2.45, 2.75) is 60.9 Å². The van der Waals surface area contributed by atoms with Gasteiger partial charge >= 0.3 is 0 Å². The van der Waals surface area contributed by atoms with E-state index in [9.17, 15) is 0 Å². The molecule has 0 bridgehead atoms. The van der Waals surface area contributed by atoms with Crippen LogP contribution in [0.2, 0.25) is 0 Å². The molecule has 0 N–H and O–H groups in total. The Labute approximate surface area is 146 Å². The fraction of sp³-hybridized carbons (Fsp3) is 1.00. The van der Waals surface area contributed by atoms with Gasteiger partial charge in [-0.3, -0.25) is 0 Å². The summed E-state index contributed by atoms with van der Waals surface area (Å²) >= 11 is 0. The molecule has 2 heterocycles. The van der Waals surface area contributed by atoms with E-state index in [2.05, 4.69) is 41.5 Å². The maximum Gasteiger partial charge on any atom is 0.271 e. The van der Waals surface area contributed by atoms with Crippen LogP contribution in [0, 0.1) is 16.2 Å². The van der Waals surface area contributed by atoms with E-state index >= 15 is 0 Å². The summed E-state index contributed by atoms with van der Waals surface area (Å²) in [5, 5.41) is 0. The lowest BCUT2D eigenvalue weighted by Crippen LogP contribution is -2.53. The normalized spacial score (nSPS) is 32.2. The summed E-state index contributed by atoms with van der Waals surface area (Å²) < 4.78 is 34.0. The highest BCUT2D eigenvalue weighted by atomic mass is 16.9. The molecule has 1 spiro atoms. The molecule has 0 aromatic rings. The number of rotatable bonds is 5. The van der Waals surface area contributed by atoms with Crippen molar-refractivity contribution in [3.8, 4) is 0 Å². The predicted octanol–water partition coefficient (Wildman–Crippen LogP) is 3.15. The Balaban J connectivity index is 1.65. The van der Waals surface area contributed by atoms with Gasteiger partial charge in [0.15, 0.2) is 0 Å². The first kappa shape index (κ1) is 20.1. The third kappa shape index (κ3) is 6.94. The Morgan fingerprint density at radius 1 is 0.750 bits per heavy atom. The van der Waals surface area contributed by atoms with Gasteiger partial charge in [-0.05, 0) is 17.3 Å². The molecule has 2 fully saturated rings. The summed E-state index contributed by atoms with van der Waals surface area (Å²) in [6, 6.07) is 0. The van der Waals surface area contributed by atoms with Crippen LogP contribution >= 0.6 is 0 Å². The van der Waals surface area contributed by atoms with Gasteiger partial charge in [0.05, 0.1) is 45.1 Å². The van der Waals surface area contributed by atoms with Crippen molar-refractivity contribution in [1.82, 2.24) is 0 Å². The predicted molar refractivity (Wildman–Crippen MR) is 89.2 cm³/mol. The Morgan fingerprint density at radius 3 is 1.62 bits per heavy atom. The fourth-order valence-electron chi connectivity index (χ4n) is 2.30. The molecule has 2 saturated heterocycles. The van der Waals surface area contributed by atoms with Crippen molar-refractivity contribution in [1.29, 1.82) is 0 Å². The molecule has 0 radical (unpaired) electrons. The van der Waals surface area contributed by atoms with Gasteiger partial charge in [-0.1, -0.05) is 41.5 Å². The molecule has 2 aliphatic heterocycles. The van der Waals surface area contributed by atoms with Crippen molar-refractivity contribution in [2.24, 2.45) is 16.2 Å². The van der Waals surface area contributed by atoms with E-state index in [1.165, 1.54) is 0 Å². The molecule has 24 heavy (non-hydrogen) atoms. The molecule has 2 aliphatic rings. The van der Waals surface area contributed by atoms with Crippen LogP contribution in [0.3, 0.4) is 0 Å². The second kappa shape index (κ2) is 7.98. The van der Waals surface area contributed by atoms with Gasteiger partial charge in [-0.2, -0.15) is 0 Å². The summed E-state index contributed by atoms with van der Waals surface area (Å²) in [5.74, 6) is 0. The lowest BCUT2D eigenvalue weighted by atomic mass is 9.91. The molecule has 6 nitrogen and oxygen atoms in total. The van der Waals surface area contributed by atoms with E-state index in [0.29, 0.717) is 39.6 Å². The minimum absolute atomic E-state index is 0.0799. The highest BCUT2D eigenvalue weighted by Gasteiger charge is 2.42. The first-order valence-electron chi connectivity index (χ1n) is 8.77. The highest BCUT2D eigenvalue weighted by molar-refractivity contribution is 4.83. The van der Waals surface area contributed by atoms with Gasteiger partial charge < -0.3 is 28.4 Å². The smallest absolute Gasteiger partial charge is 0.271 e. The fourth-order valence-corrected chi connectivity index (χ4v) is 2.30. The van der Waals surface area contributed by atoms with Crippen molar-refractivity contribution >= 4 is 0 Å². The van der Waals surface area contributed by atoms with Crippen molar-refractivity contribution in [3.63, 3.8) is 0 Å². The van der Waals surface area contributed by atoms with Gasteiger partial charge in [0, 0.05) is 0 Å². The lowest BCUT2D eigenvalue weighted by molar-refractivity contribution is -0.393. The van der Waals surface area contributed by atoms with E-state index in [0.717, 1.165) is 6.42 Å². The van der Waals surface area contributed by atoms with Crippen LogP contribution in [-0.4, -0.2) is 52.6 Å². The summed E-state index contributed by atoms with van der Waals surface area (Å²) in [7, 11) is 0. The largest absolute Gasteiger partial charge is 0.330 e. The Morgan fingerprint density at radius 2 is 1.21 bits per heavy atom. The van der Waals surface area contributed by atoms with Crippen LogP contribution in [0.4, 0.5) is 0 Å². The first-order valence-corrected chi connectivity index (χ1v) is 8.77. The monoisotopic (exact) mass is 346 g/mol. The van der Waals surface area contributed by atoms with Crippen LogP contribution in [0.15, 0.2) is 0 Å². The van der Waals surface area contributed by atoms with Gasteiger partial charge in [-0.15, -0.1) is 0 Å². The molecule has 142 valence electrons. The third-order valence-electron chi connectivity index (χ3n) is 3.86. The van der Waals surface area contributed by atoms with E-state index in [4.69, 9.17) is 28.4 Å². The van der Waals surface area contributed by atoms with Crippen LogP contribution in [0.1, 0.15) is 48.0 Å². The van der Waals surface area contributed by atoms with Gasteiger partial charge in [0.2, 0.25) is 0 Å². The summed E-state index contributed by atoms with van der Waals surface area (Å²) in [6.45, 7) is 14.9. The Kier molecular flexibility index (Phi) is 6.67. The van der Waals surface area contributed by atoms with Crippen molar-refractivity contribution in [2.75, 3.05) is 39.6 Å². The Bertz CT molecular complexity index is 366. The zero-order valence-corrected chi connectivity index (χ0v) is 16.1. The highest BCUT2D eigenvalue weighted by Crippen LogP contribution is 2.31. The average molecular weight is 346 g/mol. The Hall–Kier alpha value is -0.240. The van der Waals surface area contributed by atoms with Crippen LogP contribution in [0.5, 0.6) is 0 Å². The van der Waals surface area contributed by atoms with E-state index in [1.54, 1.807) is 0 Å². The number of hydrogen-bond donors (Lipinski definition) is 0. The van der Waals surface area contributed by atoms with Crippen LogP contribution < -0.4 is 0 Å². The minimum Gasteiger partial charge on any atom is -0.330 e. The van der Waals surface area contributed by atoms with E-state index in [1.807, 2.05) is 0 Å². The third-order valence-corrected chi connectivity index (χ3v) is 3.86. The van der Waals surface area contributed by atoms with Gasteiger partial charge in [0.25, 0.3) is 13.0 Å². The first-order chi connectivity index (χ1) is 11.1. The summed E-state index contributed by atoms with van der Waals surface area (Å²) in [6.07, 6.45) is 0.959. The average Bonchev–Trinajstić information content (AvgIpc) is 2.47. The molecular formula is C18H34O6. The van der Waals surface area contributed by atoms with Gasteiger partial charge in [0.1, 0.15) is 0 Å². The maximum absolute atomic E-state index is 5.69. The lowest BCUT2D eigenvalue weighted by Gasteiger charge is -2.43. The molecule has 6 heteroatoms. The molecule has 2 rings (SSSR count). The van der Waals surface area contributed by atoms with E-state index < -0.39 is 13.0 Å². The van der Waals surface area contributed by atoms with Crippen molar-refractivity contribution < 1.29 is 28.4 Å². The number of hydrogen-bond acceptors (Lipinski definition) is 6. The van der Waals surface area contributed by atoms with Crippen molar-refractivity contribution in [3.05, 3.63) is 0 Å². The van der Waals surface area contributed by atoms with E-state index in [-0.39, 0.29) is 16.2 Å². The van der Waals surface area contributed by atoms with Gasteiger partial charge in [-0.25, -0.2) is 0 Å². The van der Waals surface area contributed by atoms with Crippen LogP contribution in [-0.2, 0) is 28.4 Å². The summed E-state index contributed by atoms with van der Waals surface area (Å²) in [4.78, 5) is 0. The minimum atomic E-state index is -0.601. The standard InChI is InChI=1S/C18H34O6/c1-16(2,3)7-8-19-14-21-10-18(11-22-14)12-23-15(24-13-18)20-9-17(4,5)6/h14-15H,7-13H2,1-6H3. The molecule has 0 saturated carbocycles. The quantitative estimate of drug-likeness (QED) is 0.762. The molecule has 0 amide bonds. The zero-order chi connectivity index (χ0) is 17.8. The molecule has 0 aromatic heterocycles. The second-order valence-corrected chi connectivity index (χ2v) is 9.37. The zero-order valence-electron chi connectivity index (χ0n) is 16.1. The second-order valence-electron chi connectivity index (χ2n) is 9.37. The molecule has 0 unspecified atom stereocenters. The van der Waals surface area contributed by atoms with Crippen LogP contribution in [0.25, 0.3) is 0 Å². The molecule has 0 aromatic carbocycles.